The minimum atomic E-state index is -0.239. The molecule has 1 atom stereocenters. The van der Waals surface area contributed by atoms with Crippen LogP contribution in [0.4, 0.5) is 0 Å². The van der Waals surface area contributed by atoms with Gasteiger partial charge in [0.1, 0.15) is 18.4 Å². The van der Waals surface area contributed by atoms with Crippen molar-refractivity contribution >= 4 is 11.8 Å². The number of amides is 2. The van der Waals surface area contributed by atoms with Crippen molar-refractivity contribution in [3.05, 3.63) is 30.3 Å². The molecule has 2 aliphatic rings. The number of hydrogen-bond donors (Lipinski definition) is 0. The van der Waals surface area contributed by atoms with Crippen molar-refractivity contribution in [2.75, 3.05) is 26.2 Å². The molecule has 5 heteroatoms. The lowest BCUT2D eigenvalue weighted by Crippen LogP contribution is -2.44. The molecule has 2 heterocycles. The van der Waals surface area contributed by atoms with Gasteiger partial charge in [0.2, 0.25) is 11.8 Å². The van der Waals surface area contributed by atoms with Gasteiger partial charge >= 0.3 is 0 Å². The molecule has 21 heavy (non-hydrogen) atoms. The number of nitrogens with zero attached hydrogens (tertiary/aromatic N) is 2. The van der Waals surface area contributed by atoms with Gasteiger partial charge in [-0.25, -0.2) is 0 Å². The Kier molecular flexibility index (Phi) is 4.08. The number of hydrogen-bond acceptors (Lipinski definition) is 3. The molecule has 2 fully saturated rings. The fourth-order valence-electron chi connectivity index (χ4n) is 3.03. The topological polar surface area (TPSA) is 49.9 Å². The third kappa shape index (κ3) is 3.01. The van der Waals surface area contributed by atoms with E-state index in [1.54, 1.807) is 9.80 Å². The molecule has 2 amide bonds. The number of carbonyl (C=O) groups excluding carboxylic acids is 2. The number of para-hydroxylation sites is 1. The predicted molar refractivity (Wildman–Crippen MR) is 77.9 cm³/mol. The number of carbonyl (C=O) groups is 2. The van der Waals surface area contributed by atoms with E-state index in [0.717, 1.165) is 25.1 Å². The Hall–Kier alpha value is -2.04. The van der Waals surface area contributed by atoms with E-state index in [2.05, 4.69) is 0 Å². The standard InChI is InChI=1S/C16H20N2O3/c19-15-8-10-17(16(20)14-7-4-9-18(14)15)11-12-21-13-5-2-1-3-6-13/h1-3,5-6,14H,4,7-12H2. The third-order valence-corrected chi connectivity index (χ3v) is 4.14. The molecule has 0 spiro atoms. The van der Waals surface area contributed by atoms with Crippen molar-refractivity contribution in [2.24, 2.45) is 0 Å². The first-order valence-corrected chi connectivity index (χ1v) is 7.52. The smallest absolute Gasteiger partial charge is 0.245 e. The summed E-state index contributed by atoms with van der Waals surface area (Å²) >= 11 is 0. The van der Waals surface area contributed by atoms with Gasteiger partial charge in [-0.1, -0.05) is 18.2 Å². The Balaban J connectivity index is 1.57. The molecular weight excluding hydrogens is 268 g/mol. The first-order valence-electron chi connectivity index (χ1n) is 7.52. The fourth-order valence-corrected chi connectivity index (χ4v) is 3.03. The zero-order chi connectivity index (χ0) is 14.7. The summed E-state index contributed by atoms with van der Waals surface area (Å²) < 4.78 is 5.64. The zero-order valence-electron chi connectivity index (χ0n) is 12.0. The molecule has 1 aromatic rings. The van der Waals surface area contributed by atoms with E-state index in [4.69, 9.17) is 4.74 Å². The van der Waals surface area contributed by atoms with Crippen LogP contribution >= 0.6 is 0 Å². The average molecular weight is 288 g/mol. The molecule has 3 rings (SSSR count). The van der Waals surface area contributed by atoms with E-state index in [0.29, 0.717) is 26.1 Å². The van der Waals surface area contributed by atoms with Crippen molar-refractivity contribution in [1.29, 1.82) is 0 Å². The number of rotatable bonds is 4. The van der Waals surface area contributed by atoms with Gasteiger partial charge in [0.05, 0.1) is 6.54 Å². The maximum Gasteiger partial charge on any atom is 0.245 e. The van der Waals surface area contributed by atoms with Crippen LogP contribution in [0.3, 0.4) is 0 Å². The number of ether oxygens (including phenoxy) is 1. The summed E-state index contributed by atoms with van der Waals surface area (Å²) in [6.07, 6.45) is 2.14. The molecular formula is C16H20N2O3. The Morgan fingerprint density at radius 1 is 1.14 bits per heavy atom. The highest BCUT2D eigenvalue weighted by molar-refractivity contribution is 5.90. The molecule has 0 bridgehead atoms. The lowest BCUT2D eigenvalue weighted by molar-refractivity contribution is -0.139. The van der Waals surface area contributed by atoms with Crippen LogP contribution in [0.1, 0.15) is 19.3 Å². The van der Waals surface area contributed by atoms with E-state index in [1.165, 1.54) is 0 Å². The molecule has 2 aliphatic heterocycles. The second-order valence-corrected chi connectivity index (χ2v) is 5.48. The first kappa shape index (κ1) is 13.9. The molecule has 2 saturated heterocycles. The van der Waals surface area contributed by atoms with Crippen LogP contribution in [0.15, 0.2) is 30.3 Å². The summed E-state index contributed by atoms with van der Waals surface area (Å²) in [4.78, 5) is 28.0. The Morgan fingerprint density at radius 2 is 1.95 bits per heavy atom. The average Bonchev–Trinajstić information content (AvgIpc) is 2.96. The van der Waals surface area contributed by atoms with Crippen LogP contribution in [-0.2, 0) is 9.59 Å². The summed E-state index contributed by atoms with van der Waals surface area (Å²) in [5.74, 6) is 0.991. The van der Waals surface area contributed by atoms with Crippen LogP contribution in [0.2, 0.25) is 0 Å². The van der Waals surface area contributed by atoms with Crippen molar-refractivity contribution in [3.63, 3.8) is 0 Å². The van der Waals surface area contributed by atoms with Crippen molar-refractivity contribution in [2.45, 2.75) is 25.3 Å². The van der Waals surface area contributed by atoms with E-state index < -0.39 is 0 Å². The van der Waals surface area contributed by atoms with Gasteiger partial charge < -0.3 is 14.5 Å². The van der Waals surface area contributed by atoms with Gasteiger partial charge in [0.15, 0.2) is 0 Å². The number of benzene rings is 1. The maximum absolute atomic E-state index is 12.5. The van der Waals surface area contributed by atoms with Gasteiger partial charge in [0, 0.05) is 19.5 Å². The van der Waals surface area contributed by atoms with Crippen LogP contribution < -0.4 is 4.74 Å². The van der Waals surface area contributed by atoms with Crippen molar-refractivity contribution < 1.29 is 14.3 Å². The first-order chi connectivity index (χ1) is 10.3. The Bertz CT molecular complexity index is 518. The van der Waals surface area contributed by atoms with Crippen LogP contribution in [-0.4, -0.2) is 53.9 Å². The maximum atomic E-state index is 12.5. The highest BCUT2D eigenvalue weighted by Crippen LogP contribution is 2.23. The predicted octanol–water partition coefficient (Wildman–Crippen LogP) is 1.29. The summed E-state index contributed by atoms with van der Waals surface area (Å²) in [5.41, 5.74) is 0. The van der Waals surface area contributed by atoms with Gasteiger partial charge in [-0.3, -0.25) is 9.59 Å². The third-order valence-electron chi connectivity index (χ3n) is 4.14. The largest absolute Gasteiger partial charge is 0.492 e. The SMILES string of the molecule is O=C1C2CCCN2C(=O)CCN1CCOc1ccccc1. The van der Waals surface area contributed by atoms with Crippen LogP contribution in [0, 0.1) is 0 Å². The molecule has 5 nitrogen and oxygen atoms in total. The molecule has 0 saturated carbocycles. The van der Waals surface area contributed by atoms with E-state index >= 15 is 0 Å². The minimum absolute atomic E-state index is 0.0787. The highest BCUT2D eigenvalue weighted by Gasteiger charge is 2.38. The van der Waals surface area contributed by atoms with Gasteiger partial charge in [0.25, 0.3) is 0 Å². The van der Waals surface area contributed by atoms with Gasteiger partial charge in [-0.15, -0.1) is 0 Å². The van der Waals surface area contributed by atoms with E-state index in [1.807, 2.05) is 30.3 Å². The van der Waals surface area contributed by atoms with Crippen molar-refractivity contribution in [3.8, 4) is 5.75 Å². The van der Waals surface area contributed by atoms with Crippen LogP contribution in [0.5, 0.6) is 5.75 Å². The molecule has 0 aromatic heterocycles. The lowest BCUT2D eigenvalue weighted by atomic mass is 10.2. The fraction of sp³-hybridized carbons (Fsp3) is 0.500. The Labute approximate surface area is 124 Å². The van der Waals surface area contributed by atoms with E-state index in [9.17, 15) is 9.59 Å². The summed E-state index contributed by atoms with van der Waals surface area (Å²) in [6.45, 7) is 2.22. The second kappa shape index (κ2) is 6.16. The molecule has 1 unspecified atom stereocenters. The van der Waals surface area contributed by atoms with E-state index in [-0.39, 0.29) is 17.9 Å². The molecule has 0 N–H and O–H groups in total. The normalized spacial score (nSPS) is 22.2. The summed E-state index contributed by atoms with van der Waals surface area (Å²) in [7, 11) is 0. The summed E-state index contributed by atoms with van der Waals surface area (Å²) in [6, 6.07) is 9.32. The highest BCUT2D eigenvalue weighted by atomic mass is 16.5. The van der Waals surface area contributed by atoms with Gasteiger partial charge in [-0.05, 0) is 25.0 Å². The zero-order valence-corrected chi connectivity index (χ0v) is 12.0. The Morgan fingerprint density at radius 3 is 2.76 bits per heavy atom. The minimum Gasteiger partial charge on any atom is -0.492 e. The van der Waals surface area contributed by atoms with Gasteiger partial charge in [-0.2, -0.15) is 0 Å². The quantitative estimate of drug-likeness (QED) is 0.839. The number of fused-ring (bicyclic) bond motifs is 1. The molecule has 0 aliphatic carbocycles. The summed E-state index contributed by atoms with van der Waals surface area (Å²) in [5, 5.41) is 0. The van der Waals surface area contributed by atoms with Crippen molar-refractivity contribution in [1.82, 2.24) is 9.80 Å². The lowest BCUT2D eigenvalue weighted by Gasteiger charge is -2.25. The monoisotopic (exact) mass is 288 g/mol. The van der Waals surface area contributed by atoms with Crippen LogP contribution in [0.25, 0.3) is 0 Å². The molecule has 112 valence electrons. The second-order valence-electron chi connectivity index (χ2n) is 5.48. The molecule has 1 aromatic carbocycles. The molecule has 0 radical (unpaired) electrons.